The molecule has 9 heteroatoms. The van der Waals surface area contributed by atoms with Crippen LogP contribution in [0.1, 0.15) is 15.2 Å². The summed E-state index contributed by atoms with van der Waals surface area (Å²) in [5.74, 6) is -0.0949. The summed E-state index contributed by atoms with van der Waals surface area (Å²) in [7, 11) is 1.34. The van der Waals surface area contributed by atoms with Crippen molar-refractivity contribution in [1.82, 2.24) is 15.2 Å². The average Bonchev–Trinajstić information content (AvgIpc) is 3.56. The zero-order chi connectivity index (χ0) is 25.4. The molecule has 0 radical (unpaired) electrons. The van der Waals surface area contributed by atoms with Gasteiger partial charge in [0.2, 0.25) is 0 Å². The number of carbonyl (C=O) groups excluding carboxylic acids is 1. The fraction of sp³-hybridized carbons (Fsp3) is 0.0357. The van der Waals surface area contributed by atoms with Crippen LogP contribution in [0.5, 0.6) is 0 Å². The van der Waals surface area contributed by atoms with E-state index in [-0.39, 0.29) is 0 Å². The lowest BCUT2D eigenvalue weighted by Gasteiger charge is -2.11. The van der Waals surface area contributed by atoms with Gasteiger partial charge in [0.05, 0.1) is 28.6 Å². The number of rotatable bonds is 5. The molecule has 2 aromatic carbocycles. The predicted octanol–water partition coefficient (Wildman–Crippen LogP) is 7.04. The van der Waals surface area contributed by atoms with E-state index in [0.29, 0.717) is 27.5 Å². The number of aromatic nitrogens is 3. The molecule has 0 atom stereocenters. The van der Waals surface area contributed by atoms with E-state index in [1.165, 1.54) is 29.8 Å². The molecule has 1 N–H and O–H groups in total. The first-order valence-electron chi connectivity index (χ1n) is 11.3. The SMILES string of the molecule is COC(=O)c1sccc1Nc1nc2c(cc1C#N)sc1nnc(-c3ccccc3)c(-c3ccccc3)c12. The normalized spacial score (nSPS) is 10.9. The molecule has 0 amide bonds. The van der Waals surface area contributed by atoms with E-state index >= 15 is 0 Å². The van der Waals surface area contributed by atoms with Crippen LogP contribution in [-0.4, -0.2) is 28.3 Å². The van der Waals surface area contributed by atoms with Crippen molar-refractivity contribution in [2.24, 2.45) is 0 Å². The highest BCUT2D eigenvalue weighted by Gasteiger charge is 2.22. The molecular weight excluding hydrogens is 502 g/mol. The second-order valence-electron chi connectivity index (χ2n) is 8.06. The fourth-order valence-electron chi connectivity index (χ4n) is 4.22. The Morgan fingerprint density at radius 1 is 1.00 bits per heavy atom. The molecule has 0 bridgehead atoms. The van der Waals surface area contributed by atoms with Gasteiger partial charge in [0.25, 0.3) is 0 Å². The Kier molecular flexibility index (Phi) is 5.81. The number of pyridine rings is 1. The minimum Gasteiger partial charge on any atom is -0.465 e. The number of fused-ring (bicyclic) bond motifs is 3. The van der Waals surface area contributed by atoms with Gasteiger partial charge in [-0.05, 0) is 23.1 Å². The van der Waals surface area contributed by atoms with Crippen LogP contribution in [0.25, 0.3) is 42.8 Å². The van der Waals surface area contributed by atoms with Crippen LogP contribution in [0.3, 0.4) is 0 Å². The lowest BCUT2D eigenvalue weighted by Crippen LogP contribution is -2.04. The van der Waals surface area contributed by atoms with Gasteiger partial charge in [-0.15, -0.1) is 32.9 Å². The number of nitrogens with one attached hydrogen (secondary N) is 1. The molecule has 0 aliphatic carbocycles. The van der Waals surface area contributed by atoms with Gasteiger partial charge in [-0.1, -0.05) is 60.7 Å². The van der Waals surface area contributed by atoms with Crippen molar-refractivity contribution in [3.8, 4) is 28.5 Å². The minimum atomic E-state index is -0.452. The number of nitrogens with zero attached hydrogens (tertiary/aromatic N) is 4. The third-order valence-electron chi connectivity index (χ3n) is 5.89. The summed E-state index contributed by atoms with van der Waals surface area (Å²) in [6.45, 7) is 0. The Morgan fingerprint density at radius 3 is 2.43 bits per heavy atom. The Labute approximate surface area is 219 Å². The minimum absolute atomic E-state index is 0.357. The smallest absolute Gasteiger partial charge is 0.350 e. The summed E-state index contributed by atoms with van der Waals surface area (Å²) in [5, 5.41) is 24.9. The van der Waals surface area contributed by atoms with Crippen LogP contribution in [0.15, 0.2) is 78.2 Å². The summed E-state index contributed by atoms with van der Waals surface area (Å²) in [6.07, 6.45) is 0. The van der Waals surface area contributed by atoms with E-state index in [1.54, 1.807) is 17.5 Å². The van der Waals surface area contributed by atoms with E-state index < -0.39 is 5.97 Å². The highest BCUT2D eigenvalue weighted by Crippen LogP contribution is 2.43. The van der Waals surface area contributed by atoms with Gasteiger partial charge in [0.15, 0.2) is 0 Å². The van der Waals surface area contributed by atoms with Crippen molar-refractivity contribution in [3.63, 3.8) is 0 Å². The number of methoxy groups -OCH3 is 1. The highest BCUT2D eigenvalue weighted by molar-refractivity contribution is 7.25. The molecule has 0 aliphatic rings. The van der Waals surface area contributed by atoms with Crippen LogP contribution in [0.4, 0.5) is 11.5 Å². The maximum absolute atomic E-state index is 12.2. The van der Waals surface area contributed by atoms with Crippen molar-refractivity contribution in [3.05, 3.63) is 88.6 Å². The van der Waals surface area contributed by atoms with E-state index in [1.807, 2.05) is 60.7 Å². The second kappa shape index (κ2) is 9.43. The molecule has 0 spiro atoms. The first-order valence-corrected chi connectivity index (χ1v) is 12.9. The van der Waals surface area contributed by atoms with Gasteiger partial charge in [0, 0.05) is 16.5 Å². The molecule has 7 nitrogen and oxygen atoms in total. The largest absolute Gasteiger partial charge is 0.465 e. The standard InChI is InChI=1S/C28H17N5O2S2/c1-35-28(34)25-19(12-13-36-25)30-26-18(15-29)14-20-24(31-26)22-21(16-8-4-2-5-9-16)23(32-33-27(22)37-20)17-10-6-3-7-11-17/h2-14H,1H3,(H,30,31). The summed E-state index contributed by atoms with van der Waals surface area (Å²) < 4.78 is 5.72. The predicted molar refractivity (Wildman–Crippen MR) is 147 cm³/mol. The van der Waals surface area contributed by atoms with Gasteiger partial charge in [-0.2, -0.15) is 5.26 Å². The third kappa shape index (κ3) is 3.98. The molecule has 4 aromatic heterocycles. The number of anilines is 2. The van der Waals surface area contributed by atoms with Crippen molar-refractivity contribution in [2.75, 3.05) is 12.4 Å². The zero-order valence-electron chi connectivity index (χ0n) is 19.4. The van der Waals surface area contributed by atoms with E-state index in [9.17, 15) is 10.1 Å². The highest BCUT2D eigenvalue weighted by atomic mass is 32.1. The van der Waals surface area contributed by atoms with Crippen LogP contribution < -0.4 is 5.32 Å². The lowest BCUT2D eigenvalue weighted by atomic mass is 9.97. The van der Waals surface area contributed by atoms with Crippen LogP contribution in [0, 0.1) is 11.3 Å². The molecule has 4 heterocycles. The average molecular weight is 520 g/mol. The number of benzene rings is 2. The second-order valence-corrected chi connectivity index (χ2v) is 10.0. The molecule has 37 heavy (non-hydrogen) atoms. The number of thiophene rings is 2. The maximum atomic E-state index is 12.2. The van der Waals surface area contributed by atoms with E-state index in [2.05, 4.69) is 21.6 Å². The van der Waals surface area contributed by atoms with Gasteiger partial charge < -0.3 is 10.1 Å². The van der Waals surface area contributed by atoms with Gasteiger partial charge in [0.1, 0.15) is 27.3 Å². The topological polar surface area (TPSA) is 101 Å². The summed E-state index contributed by atoms with van der Waals surface area (Å²) in [6, 6.07) is 25.8. The third-order valence-corrected chi connectivity index (χ3v) is 7.80. The lowest BCUT2D eigenvalue weighted by molar-refractivity contribution is 0.0607. The molecular formula is C28H17N5O2S2. The Balaban J connectivity index is 1.63. The number of carbonyl (C=O) groups is 1. The molecule has 6 aromatic rings. The molecule has 0 aliphatic heterocycles. The van der Waals surface area contributed by atoms with Crippen molar-refractivity contribution in [2.45, 2.75) is 0 Å². The first kappa shape index (κ1) is 22.8. The Morgan fingerprint density at radius 2 is 1.73 bits per heavy atom. The molecule has 0 unspecified atom stereocenters. The molecule has 0 saturated carbocycles. The molecule has 0 saturated heterocycles. The van der Waals surface area contributed by atoms with E-state index in [0.717, 1.165) is 37.3 Å². The van der Waals surface area contributed by atoms with Crippen molar-refractivity contribution < 1.29 is 9.53 Å². The Bertz CT molecular complexity index is 1820. The molecule has 178 valence electrons. The van der Waals surface area contributed by atoms with E-state index in [4.69, 9.17) is 9.72 Å². The first-order chi connectivity index (χ1) is 18.2. The van der Waals surface area contributed by atoms with Gasteiger partial charge >= 0.3 is 5.97 Å². The fourth-order valence-corrected chi connectivity index (χ4v) is 6.00. The van der Waals surface area contributed by atoms with Crippen molar-refractivity contribution >= 4 is 60.6 Å². The van der Waals surface area contributed by atoms with Crippen molar-refractivity contribution in [1.29, 1.82) is 5.26 Å². The monoisotopic (exact) mass is 519 g/mol. The van der Waals surface area contributed by atoms with Gasteiger partial charge in [-0.25, -0.2) is 9.78 Å². The maximum Gasteiger partial charge on any atom is 0.350 e. The Hall–Kier alpha value is -4.65. The summed E-state index contributed by atoms with van der Waals surface area (Å²) in [4.78, 5) is 18.3. The number of hydrogen-bond acceptors (Lipinski definition) is 9. The number of ether oxygens (including phenoxy) is 1. The van der Waals surface area contributed by atoms with Crippen LogP contribution >= 0.6 is 22.7 Å². The number of esters is 1. The number of hydrogen-bond donors (Lipinski definition) is 1. The molecule has 0 fully saturated rings. The quantitative estimate of drug-likeness (QED) is 0.244. The number of nitriles is 1. The molecule has 6 rings (SSSR count). The zero-order valence-corrected chi connectivity index (χ0v) is 21.1. The van der Waals surface area contributed by atoms with Crippen LogP contribution in [0.2, 0.25) is 0 Å². The summed E-state index contributed by atoms with van der Waals surface area (Å²) >= 11 is 2.70. The van der Waals surface area contributed by atoms with Crippen LogP contribution in [-0.2, 0) is 4.74 Å². The van der Waals surface area contributed by atoms with Gasteiger partial charge in [-0.3, -0.25) is 0 Å². The summed E-state index contributed by atoms with van der Waals surface area (Å²) in [5.41, 5.74) is 5.23.